The molecule has 24 heavy (non-hydrogen) atoms. The lowest BCUT2D eigenvalue weighted by atomic mass is 10.1. The zero-order valence-electron chi connectivity index (χ0n) is 12.8. The standard InChI is InChI=1S/C18H15N5O/c24-18(10-1-2-10)21-17-14-4-3-11(8-15(14)22-23-17)13-7-12-5-6-19-16(12)20-9-13/h3-10H,1-2H2,(H,19,20)(H2,21,22,23,24). The smallest absolute Gasteiger partial charge is 0.228 e. The molecule has 1 aromatic carbocycles. The fourth-order valence-electron chi connectivity index (χ4n) is 2.96. The van der Waals surface area contributed by atoms with E-state index in [2.05, 4.69) is 31.5 Å². The van der Waals surface area contributed by atoms with Crippen molar-refractivity contribution in [2.24, 2.45) is 5.92 Å². The number of carbonyl (C=O) groups is 1. The molecule has 3 heterocycles. The predicted molar refractivity (Wildman–Crippen MR) is 92.5 cm³/mol. The highest BCUT2D eigenvalue weighted by Gasteiger charge is 2.30. The van der Waals surface area contributed by atoms with Crippen LogP contribution in [0.3, 0.4) is 0 Å². The molecule has 0 aliphatic heterocycles. The molecule has 4 aromatic rings. The van der Waals surface area contributed by atoms with E-state index in [0.29, 0.717) is 5.82 Å². The van der Waals surface area contributed by atoms with Crippen LogP contribution in [0.1, 0.15) is 12.8 Å². The number of hydrogen-bond acceptors (Lipinski definition) is 3. The Bertz CT molecular complexity index is 1070. The molecule has 1 aliphatic rings. The van der Waals surface area contributed by atoms with Gasteiger partial charge in [0, 0.05) is 34.6 Å². The third kappa shape index (κ3) is 2.15. The molecule has 3 aromatic heterocycles. The minimum atomic E-state index is 0.0644. The summed E-state index contributed by atoms with van der Waals surface area (Å²) in [4.78, 5) is 19.5. The average molecular weight is 317 g/mol. The number of benzene rings is 1. The number of aromatic amines is 2. The first-order valence-electron chi connectivity index (χ1n) is 8.00. The number of nitrogens with one attached hydrogen (secondary N) is 3. The number of amides is 1. The van der Waals surface area contributed by atoms with Crippen molar-refractivity contribution in [3.8, 4) is 11.1 Å². The quantitative estimate of drug-likeness (QED) is 0.541. The normalized spacial score (nSPS) is 14.3. The van der Waals surface area contributed by atoms with E-state index in [1.54, 1.807) is 0 Å². The molecule has 1 aliphatic carbocycles. The van der Waals surface area contributed by atoms with Crippen molar-refractivity contribution in [3.05, 3.63) is 42.7 Å². The monoisotopic (exact) mass is 317 g/mol. The number of nitrogens with zero attached hydrogens (tertiary/aromatic N) is 2. The maximum atomic E-state index is 11.9. The number of rotatable bonds is 3. The minimum Gasteiger partial charge on any atom is -0.346 e. The highest BCUT2D eigenvalue weighted by atomic mass is 16.2. The SMILES string of the molecule is O=C(Nc1n[nH]c2cc(-c3cnc4[nH]ccc4c3)ccc12)C1CC1. The van der Waals surface area contributed by atoms with E-state index in [1.807, 2.05) is 36.7 Å². The van der Waals surface area contributed by atoms with Crippen LogP contribution in [0.5, 0.6) is 0 Å². The maximum absolute atomic E-state index is 11.9. The Kier molecular flexibility index (Phi) is 2.73. The average Bonchev–Trinajstić information content (AvgIpc) is 3.23. The van der Waals surface area contributed by atoms with Gasteiger partial charge in [0.1, 0.15) is 5.65 Å². The van der Waals surface area contributed by atoms with Gasteiger partial charge in [0.25, 0.3) is 0 Å². The van der Waals surface area contributed by atoms with Crippen LogP contribution < -0.4 is 5.32 Å². The highest BCUT2D eigenvalue weighted by Crippen LogP contribution is 2.32. The number of hydrogen-bond donors (Lipinski definition) is 3. The summed E-state index contributed by atoms with van der Waals surface area (Å²) in [7, 11) is 0. The summed E-state index contributed by atoms with van der Waals surface area (Å²) in [6.45, 7) is 0. The molecule has 5 rings (SSSR count). The van der Waals surface area contributed by atoms with E-state index in [-0.39, 0.29) is 11.8 Å². The molecule has 6 nitrogen and oxygen atoms in total. The van der Waals surface area contributed by atoms with Gasteiger partial charge >= 0.3 is 0 Å². The molecule has 3 N–H and O–H groups in total. The van der Waals surface area contributed by atoms with Gasteiger partial charge in [-0.25, -0.2) is 4.98 Å². The van der Waals surface area contributed by atoms with E-state index >= 15 is 0 Å². The lowest BCUT2D eigenvalue weighted by Crippen LogP contribution is -2.13. The van der Waals surface area contributed by atoms with Crippen LogP contribution in [0.15, 0.2) is 42.7 Å². The highest BCUT2D eigenvalue weighted by molar-refractivity contribution is 6.02. The molecule has 1 amide bonds. The van der Waals surface area contributed by atoms with E-state index in [1.165, 1.54) is 0 Å². The first-order chi connectivity index (χ1) is 11.8. The number of fused-ring (bicyclic) bond motifs is 2. The molecule has 0 saturated heterocycles. The first kappa shape index (κ1) is 13.3. The van der Waals surface area contributed by atoms with Crippen LogP contribution >= 0.6 is 0 Å². The molecule has 1 saturated carbocycles. The molecule has 0 spiro atoms. The van der Waals surface area contributed by atoms with Gasteiger partial charge < -0.3 is 10.3 Å². The number of anilines is 1. The van der Waals surface area contributed by atoms with Crippen LogP contribution in [-0.2, 0) is 4.79 Å². The fraction of sp³-hybridized carbons (Fsp3) is 0.167. The number of aromatic nitrogens is 4. The minimum absolute atomic E-state index is 0.0644. The summed E-state index contributed by atoms with van der Waals surface area (Å²) in [6.07, 6.45) is 5.69. The zero-order valence-corrected chi connectivity index (χ0v) is 12.8. The van der Waals surface area contributed by atoms with Gasteiger partial charge in [0.05, 0.1) is 5.52 Å². The van der Waals surface area contributed by atoms with Gasteiger partial charge in [-0.05, 0) is 42.7 Å². The summed E-state index contributed by atoms with van der Waals surface area (Å²) in [5.74, 6) is 0.831. The molecule has 6 heteroatoms. The van der Waals surface area contributed by atoms with Crippen LogP contribution in [-0.4, -0.2) is 26.1 Å². The molecule has 0 unspecified atom stereocenters. The molecule has 0 bridgehead atoms. The van der Waals surface area contributed by atoms with Crippen LogP contribution in [0.2, 0.25) is 0 Å². The Morgan fingerprint density at radius 1 is 1.17 bits per heavy atom. The lowest BCUT2D eigenvalue weighted by molar-refractivity contribution is -0.117. The Morgan fingerprint density at radius 2 is 2.08 bits per heavy atom. The summed E-state index contributed by atoms with van der Waals surface area (Å²) in [5.41, 5.74) is 3.88. The molecule has 118 valence electrons. The summed E-state index contributed by atoms with van der Waals surface area (Å²) >= 11 is 0. The van der Waals surface area contributed by atoms with Gasteiger partial charge in [-0.2, -0.15) is 5.10 Å². The van der Waals surface area contributed by atoms with Gasteiger partial charge in [-0.3, -0.25) is 9.89 Å². The molecule has 1 fully saturated rings. The molecule has 0 radical (unpaired) electrons. The van der Waals surface area contributed by atoms with Crippen LogP contribution in [0, 0.1) is 5.92 Å². The molecular weight excluding hydrogens is 302 g/mol. The Balaban J connectivity index is 1.52. The third-order valence-electron chi connectivity index (χ3n) is 4.49. The lowest BCUT2D eigenvalue weighted by Gasteiger charge is -2.03. The van der Waals surface area contributed by atoms with Gasteiger partial charge in [0.2, 0.25) is 5.91 Å². The maximum Gasteiger partial charge on any atom is 0.228 e. The van der Waals surface area contributed by atoms with Crippen molar-refractivity contribution in [2.75, 3.05) is 5.32 Å². The molecule has 0 atom stereocenters. The fourth-order valence-corrected chi connectivity index (χ4v) is 2.96. The second-order valence-electron chi connectivity index (χ2n) is 6.24. The Hall–Kier alpha value is -3.15. The van der Waals surface area contributed by atoms with Crippen molar-refractivity contribution in [1.82, 2.24) is 20.2 Å². The van der Waals surface area contributed by atoms with Crippen LogP contribution in [0.25, 0.3) is 33.1 Å². The largest absolute Gasteiger partial charge is 0.346 e. The number of pyridine rings is 1. The van der Waals surface area contributed by atoms with Gasteiger partial charge in [0.15, 0.2) is 5.82 Å². The van der Waals surface area contributed by atoms with Crippen LogP contribution in [0.4, 0.5) is 5.82 Å². The van der Waals surface area contributed by atoms with Crippen molar-refractivity contribution < 1.29 is 4.79 Å². The zero-order chi connectivity index (χ0) is 16.1. The van der Waals surface area contributed by atoms with E-state index in [4.69, 9.17) is 0 Å². The second kappa shape index (κ2) is 4.92. The predicted octanol–water partition coefficient (Wildman–Crippen LogP) is 3.45. The summed E-state index contributed by atoms with van der Waals surface area (Å²) < 4.78 is 0. The second-order valence-corrected chi connectivity index (χ2v) is 6.24. The van der Waals surface area contributed by atoms with E-state index in [9.17, 15) is 4.79 Å². The Labute approximate surface area is 137 Å². The summed E-state index contributed by atoms with van der Waals surface area (Å²) in [5, 5.41) is 12.2. The first-order valence-corrected chi connectivity index (χ1v) is 8.00. The number of carbonyl (C=O) groups excluding carboxylic acids is 1. The van der Waals surface area contributed by atoms with Gasteiger partial charge in [-0.15, -0.1) is 0 Å². The molecular formula is C18H15N5O. The Morgan fingerprint density at radius 3 is 2.96 bits per heavy atom. The van der Waals surface area contributed by atoms with Gasteiger partial charge in [-0.1, -0.05) is 6.07 Å². The topological polar surface area (TPSA) is 86.5 Å². The summed E-state index contributed by atoms with van der Waals surface area (Å²) in [6, 6.07) is 10.2. The van der Waals surface area contributed by atoms with E-state index < -0.39 is 0 Å². The van der Waals surface area contributed by atoms with Crippen molar-refractivity contribution in [1.29, 1.82) is 0 Å². The number of H-pyrrole nitrogens is 2. The van der Waals surface area contributed by atoms with E-state index in [0.717, 1.165) is 45.9 Å². The van der Waals surface area contributed by atoms with Crippen molar-refractivity contribution in [2.45, 2.75) is 12.8 Å². The third-order valence-corrected chi connectivity index (χ3v) is 4.49. The van der Waals surface area contributed by atoms with Crippen molar-refractivity contribution >= 4 is 33.7 Å². The van der Waals surface area contributed by atoms with Crippen molar-refractivity contribution in [3.63, 3.8) is 0 Å².